The third-order valence-electron chi connectivity index (χ3n) is 3.87. The summed E-state index contributed by atoms with van der Waals surface area (Å²) in [7, 11) is 0. The van der Waals surface area contributed by atoms with Crippen LogP contribution in [-0.4, -0.2) is 15.8 Å². The molecule has 0 saturated heterocycles. The quantitative estimate of drug-likeness (QED) is 0.631. The van der Waals surface area contributed by atoms with Gasteiger partial charge < -0.3 is 0 Å². The summed E-state index contributed by atoms with van der Waals surface area (Å²) in [6, 6.07) is 0. The van der Waals surface area contributed by atoms with Gasteiger partial charge in [0.1, 0.15) is 0 Å². The second kappa shape index (κ2) is 7.26. The Labute approximate surface area is 110 Å². The maximum Gasteiger partial charge on any atom is 0.271 e. The zero-order valence-corrected chi connectivity index (χ0v) is 12.3. The van der Waals surface area contributed by atoms with E-state index in [9.17, 15) is 0 Å². The Balaban J connectivity index is 1.64. The van der Waals surface area contributed by atoms with Crippen molar-refractivity contribution in [3.05, 3.63) is 0 Å². The Kier molecular flexibility index (Phi) is 5.99. The summed E-state index contributed by atoms with van der Waals surface area (Å²) in [5.74, 6) is 0. The Bertz CT molecular complexity index is 166. The lowest BCUT2D eigenvalue weighted by molar-refractivity contribution is 0.517. The predicted molar refractivity (Wildman–Crippen MR) is 80.5 cm³/mol. The standard InChI is InChI=1S/C13H25BS2/c1-14(15-12-8-4-2-5-9-12)16-13-10-6-3-7-11-13/h12-13H,2-11H2,1H3. The zero-order chi connectivity index (χ0) is 11.2. The average Bonchev–Trinajstić information content (AvgIpc) is 2.31. The highest BCUT2D eigenvalue weighted by Gasteiger charge is 2.23. The molecule has 0 atom stereocenters. The summed E-state index contributed by atoms with van der Waals surface area (Å²) < 4.78 is 0. The van der Waals surface area contributed by atoms with Gasteiger partial charge in [-0.3, -0.25) is 0 Å². The smallest absolute Gasteiger partial charge is 0.192 e. The second-order valence-electron chi connectivity index (χ2n) is 5.36. The second-order valence-corrected chi connectivity index (χ2v) is 8.95. The fraction of sp³-hybridized carbons (Fsp3) is 1.00. The van der Waals surface area contributed by atoms with Crippen molar-refractivity contribution in [2.24, 2.45) is 0 Å². The van der Waals surface area contributed by atoms with E-state index in [4.69, 9.17) is 0 Å². The fourth-order valence-electron chi connectivity index (χ4n) is 2.98. The van der Waals surface area contributed by atoms with Crippen LogP contribution in [0.25, 0.3) is 0 Å². The molecule has 0 bridgehead atoms. The van der Waals surface area contributed by atoms with Gasteiger partial charge in [0.2, 0.25) is 0 Å². The van der Waals surface area contributed by atoms with Gasteiger partial charge in [-0.15, -0.1) is 0 Å². The molecule has 2 saturated carbocycles. The number of rotatable bonds is 4. The highest BCUT2D eigenvalue weighted by atomic mass is 32.2. The molecule has 2 rings (SSSR count). The van der Waals surface area contributed by atoms with E-state index in [0.29, 0.717) is 0 Å². The first-order chi connectivity index (χ1) is 7.84. The molecule has 16 heavy (non-hydrogen) atoms. The molecule has 0 radical (unpaired) electrons. The minimum absolute atomic E-state index is 0.839. The fourth-order valence-corrected chi connectivity index (χ4v) is 6.47. The van der Waals surface area contributed by atoms with Crippen molar-refractivity contribution in [1.82, 2.24) is 0 Å². The van der Waals surface area contributed by atoms with E-state index in [1.165, 1.54) is 64.2 Å². The van der Waals surface area contributed by atoms with Crippen molar-refractivity contribution < 1.29 is 0 Å². The van der Waals surface area contributed by atoms with E-state index in [0.717, 1.165) is 15.8 Å². The molecule has 0 N–H and O–H groups in total. The maximum atomic E-state index is 2.44. The van der Waals surface area contributed by atoms with Crippen molar-refractivity contribution in [1.29, 1.82) is 0 Å². The number of hydrogen-bond acceptors (Lipinski definition) is 2. The van der Waals surface area contributed by atoms with Gasteiger partial charge in [-0.1, -0.05) is 45.3 Å². The molecule has 0 unspecified atom stereocenters. The lowest BCUT2D eigenvalue weighted by Crippen LogP contribution is -2.17. The van der Waals surface area contributed by atoms with E-state index in [1.54, 1.807) is 0 Å². The van der Waals surface area contributed by atoms with Gasteiger partial charge in [0, 0.05) is 0 Å². The molecule has 0 aromatic carbocycles. The molecule has 0 aliphatic heterocycles. The first-order valence-corrected chi connectivity index (χ1v) is 9.04. The summed E-state index contributed by atoms with van der Waals surface area (Å²) in [6.45, 7) is 2.44. The first kappa shape index (κ1) is 13.2. The molecule has 0 aromatic rings. The predicted octanol–water partition coefficient (Wildman–Crippen LogP) is 5.24. The largest absolute Gasteiger partial charge is 0.271 e. The molecule has 0 spiro atoms. The highest BCUT2D eigenvalue weighted by molar-refractivity contribution is 8.54. The molecule has 2 aliphatic rings. The molecule has 0 nitrogen and oxygen atoms in total. The van der Waals surface area contributed by atoms with E-state index in [2.05, 4.69) is 30.0 Å². The van der Waals surface area contributed by atoms with Gasteiger partial charge in [0.15, 0.2) is 0 Å². The molecule has 0 amide bonds. The van der Waals surface area contributed by atoms with Gasteiger partial charge >= 0.3 is 0 Å². The Morgan fingerprint density at radius 1 is 0.688 bits per heavy atom. The van der Waals surface area contributed by atoms with Gasteiger partial charge in [0.05, 0.1) is 0 Å². The van der Waals surface area contributed by atoms with Crippen molar-refractivity contribution in [3.8, 4) is 0 Å². The Morgan fingerprint density at radius 3 is 1.44 bits per heavy atom. The molecule has 2 fully saturated rings. The van der Waals surface area contributed by atoms with E-state index < -0.39 is 0 Å². The monoisotopic (exact) mass is 256 g/mol. The van der Waals surface area contributed by atoms with Gasteiger partial charge in [-0.2, -0.15) is 23.2 Å². The van der Waals surface area contributed by atoms with Crippen LogP contribution < -0.4 is 0 Å². The minimum atomic E-state index is 0.839. The number of hydrogen-bond donors (Lipinski definition) is 0. The van der Waals surface area contributed by atoms with E-state index in [-0.39, 0.29) is 0 Å². The normalized spacial score (nSPS) is 24.6. The zero-order valence-electron chi connectivity index (χ0n) is 10.6. The van der Waals surface area contributed by atoms with Gasteiger partial charge in [0.25, 0.3) is 5.27 Å². The van der Waals surface area contributed by atoms with Gasteiger partial charge in [-0.25, -0.2) is 0 Å². The van der Waals surface area contributed by atoms with Crippen LogP contribution in [0.3, 0.4) is 0 Å². The molecule has 3 heteroatoms. The van der Waals surface area contributed by atoms with Crippen LogP contribution in [0, 0.1) is 0 Å². The topological polar surface area (TPSA) is 0 Å². The summed E-state index contributed by atoms with van der Waals surface area (Å²) in [6.07, 6.45) is 14.9. The summed E-state index contributed by atoms with van der Waals surface area (Å²) in [4.78, 5) is 0. The molecular weight excluding hydrogens is 231 g/mol. The first-order valence-electron chi connectivity index (χ1n) is 7.15. The average molecular weight is 256 g/mol. The molecule has 92 valence electrons. The molecular formula is C13H25BS2. The van der Waals surface area contributed by atoms with Crippen molar-refractivity contribution in [3.63, 3.8) is 0 Å². The van der Waals surface area contributed by atoms with Crippen LogP contribution in [0.15, 0.2) is 0 Å². The molecule has 0 aromatic heterocycles. The van der Waals surface area contributed by atoms with Crippen molar-refractivity contribution in [2.45, 2.75) is 81.5 Å². The van der Waals surface area contributed by atoms with Crippen LogP contribution in [0.2, 0.25) is 6.82 Å². The van der Waals surface area contributed by atoms with Crippen LogP contribution in [0.4, 0.5) is 0 Å². The van der Waals surface area contributed by atoms with Gasteiger partial charge in [-0.05, 0) is 36.2 Å². The van der Waals surface area contributed by atoms with Crippen LogP contribution in [-0.2, 0) is 0 Å². The summed E-state index contributed by atoms with van der Waals surface area (Å²) in [5.41, 5.74) is 0. The molecule has 2 aliphatic carbocycles. The van der Waals surface area contributed by atoms with Crippen LogP contribution >= 0.6 is 23.2 Å². The minimum Gasteiger partial charge on any atom is -0.192 e. The highest BCUT2D eigenvalue weighted by Crippen LogP contribution is 2.37. The third kappa shape index (κ3) is 4.56. The lowest BCUT2D eigenvalue weighted by Gasteiger charge is -2.27. The van der Waals surface area contributed by atoms with Crippen molar-refractivity contribution in [2.75, 3.05) is 0 Å². The van der Waals surface area contributed by atoms with Crippen LogP contribution in [0.5, 0.6) is 0 Å². The molecule has 0 heterocycles. The summed E-state index contributed by atoms with van der Waals surface area (Å²) >= 11 is 4.55. The van der Waals surface area contributed by atoms with Crippen LogP contribution in [0.1, 0.15) is 64.2 Å². The van der Waals surface area contributed by atoms with Crippen molar-refractivity contribution >= 4 is 28.5 Å². The Morgan fingerprint density at radius 2 is 1.06 bits per heavy atom. The lowest BCUT2D eigenvalue weighted by atomic mass is 10.0. The maximum absolute atomic E-state index is 2.44. The SMILES string of the molecule is CB(SC1CCCCC1)SC1CCCCC1. The van der Waals surface area contributed by atoms with E-state index >= 15 is 0 Å². The third-order valence-corrected chi connectivity index (χ3v) is 7.02. The Hall–Kier alpha value is 0.765. The summed E-state index contributed by atoms with van der Waals surface area (Å²) in [5, 5.41) is 2.81. The van der Waals surface area contributed by atoms with E-state index in [1.807, 2.05) is 0 Å².